The molecule has 0 bridgehead atoms. The van der Waals surface area contributed by atoms with Gasteiger partial charge in [-0.05, 0) is 43.9 Å². The lowest BCUT2D eigenvalue weighted by Gasteiger charge is -2.38. The van der Waals surface area contributed by atoms with Crippen molar-refractivity contribution in [3.05, 3.63) is 0 Å². The summed E-state index contributed by atoms with van der Waals surface area (Å²) in [6.45, 7) is 13.8. The fourth-order valence-electron chi connectivity index (χ4n) is 4.01. The Hall–Kier alpha value is -0.610. The van der Waals surface area contributed by atoms with Crippen LogP contribution in [0.4, 0.5) is 0 Å². The Bertz CT molecular complexity index is 391. The standard InChI is InChI=1S/C20H38N2O2/c1-14(2)13-24-18-9-11-22(12-10-18)17(5)20(23)21-19-8-6-7-15(3)16(19)4/h14-19H,6-13H2,1-5H3,(H,21,23). The van der Waals surface area contributed by atoms with Crippen LogP contribution in [-0.2, 0) is 9.53 Å². The first-order chi connectivity index (χ1) is 11.4. The lowest BCUT2D eigenvalue weighted by Crippen LogP contribution is -2.53. The molecule has 1 aliphatic carbocycles. The van der Waals surface area contributed by atoms with Crippen LogP contribution in [0.1, 0.15) is 66.7 Å². The van der Waals surface area contributed by atoms with Gasteiger partial charge in [0.25, 0.3) is 0 Å². The molecule has 1 N–H and O–H groups in total. The maximum atomic E-state index is 12.7. The minimum absolute atomic E-state index is 0.0273. The number of nitrogens with one attached hydrogen (secondary N) is 1. The maximum Gasteiger partial charge on any atom is 0.237 e. The second-order valence-electron chi connectivity index (χ2n) is 8.52. The molecule has 0 radical (unpaired) electrons. The van der Waals surface area contributed by atoms with Gasteiger partial charge < -0.3 is 10.1 Å². The van der Waals surface area contributed by atoms with E-state index in [-0.39, 0.29) is 11.9 Å². The summed E-state index contributed by atoms with van der Waals surface area (Å²) in [6.07, 6.45) is 6.13. The fourth-order valence-corrected chi connectivity index (χ4v) is 4.01. The molecule has 1 amide bonds. The van der Waals surface area contributed by atoms with Crippen LogP contribution in [0.5, 0.6) is 0 Å². The van der Waals surface area contributed by atoms with Gasteiger partial charge in [-0.25, -0.2) is 0 Å². The third-order valence-electron chi connectivity index (χ3n) is 6.10. The van der Waals surface area contributed by atoms with Crippen molar-refractivity contribution in [2.24, 2.45) is 17.8 Å². The van der Waals surface area contributed by atoms with Gasteiger partial charge in [0.15, 0.2) is 0 Å². The smallest absolute Gasteiger partial charge is 0.237 e. The minimum atomic E-state index is -0.0273. The second kappa shape index (κ2) is 9.19. The molecule has 2 aliphatic rings. The summed E-state index contributed by atoms with van der Waals surface area (Å²) in [6, 6.07) is 0.330. The van der Waals surface area contributed by atoms with E-state index in [1.165, 1.54) is 12.8 Å². The van der Waals surface area contributed by atoms with Crippen molar-refractivity contribution in [2.75, 3.05) is 19.7 Å². The van der Waals surface area contributed by atoms with Crippen molar-refractivity contribution in [1.29, 1.82) is 0 Å². The van der Waals surface area contributed by atoms with Crippen LogP contribution in [0.3, 0.4) is 0 Å². The predicted octanol–water partition coefficient (Wildman–Crippen LogP) is 3.45. The first kappa shape index (κ1) is 19.7. The highest BCUT2D eigenvalue weighted by Gasteiger charge is 2.32. The molecule has 2 rings (SSSR count). The third kappa shape index (κ3) is 5.45. The number of ether oxygens (including phenoxy) is 1. The second-order valence-corrected chi connectivity index (χ2v) is 8.52. The molecule has 0 aromatic carbocycles. The normalized spacial score (nSPS) is 31.2. The molecule has 1 saturated heterocycles. The predicted molar refractivity (Wildman–Crippen MR) is 99.0 cm³/mol. The summed E-state index contributed by atoms with van der Waals surface area (Å²) >= 11 is 0. The zero-order valence-electron chi connectivity index (χ0n) is 16.4. The number of likely N-dealkylation sites (tertiary alicyclic amines) is 1. The SMILES string of the molecule is CC(C)COC1CCN(C(C)C(=O)NC2CCCC(C)C2C)CC1. The summed E-state index contributed by atoms with van der Waals surface area (Å²) in [5.41, 5.74) is 0. The molecule has 1 heterocycles. The van der Waals surface area contributed by atoms with Crippen LogP contribution in [0, 0.1) is 17.8 Å². The van der Waals surface area contributed by atoms with E-state index in [1.54, 1.807) is 0 Å². The zero-order chi connectivity index (χ0) is 17.7. The molecule has 2 fully saturated rings. The Labute approximate surface area is 148 Å². The number of carbonyl (C=O) groups is 1. The Kier molecular flexibility index (Phi) is 7.55. The largest absolute Gasteiger partial charge is 0.378 e. The van der Waals surface area contributed by atoms with Gasteiger partial charge in [0.05, 0.1) is 12.1 Å². The maximum absolute atomic E-state index is 12.7. The molecule has 24 heavy (non-hydrogen) atoms. The number of carbonyl (C=O) groups excluding carboxylic acids is 1. The van der Waals surface area contributed by atoms with Crippen LogP contribution in [-0.4, -0.2) is 48.7 Å². The third-order valence-corrected chi connectivity index (χ3v) is 6.10. The van der Waals surface area contributed by atoms with Crippen LogP contribution in [0.15, 0.2) is 0 Å². The monoisotopic (exact) mass is 338 g/mol. The molecule has 4 heteroatoms. The topological polar surface area (TPSA) is 41.6 Å². The molecule has 140 valence electrons. The number of amides is 1. The molecule has 0 aromatic rings. The average Bonchev–Trinajstić information content (AvgIpc) is 2.57. The highest BCUT2D eigenvalue weighted by atomic mass is 16.5. The molecular formula is C20H38N2O2. The highest BCUT2D eigenvalue weighted by Crippen LogP contribution is 2.29. The first-order valence-electron chi connectivity index (χ1n) is 10.0. The number of hydrogen-bond donors (Lipinski definition) is 1. The van der Waals surface area contributed by atoms with Gasteiger partial charge in [-0.2, -0.15) is 0 Å². The van der Waals surface area contributed by atoms with Gasteiger partial charge in [0, 0.05) is 25.7 Å². The molecule has 4 nitrogen and oxygen atoms in total. The summed E-state index contributed by atoms with van der Waals surface area (Å²) in [5.74, 6) is 2.10. The van der Waals surface area contributed by atoms with E-state index in [0.717, 1.165) is 39.0 Å². The summed E-state index contributed by atoms with van der Waals surface area (Å²) in [7, 11) is 0. The van der Waals surface area contributed by atoms with Crippen molar-refractivity contribution >= 4 is 5.91 Å². The van der Waals surface area contributed by atoms with Gasteiger partial charge in [-0.15, -0.1) is 0 Å². The van der Waals surface area contributed by atoms with Gasteiger partial charge in [-0.3, -0.25) is 9.69 Å². The Morgan fingerprint density at radius 2 is 1.79 bits per heavy atom. The van der Waals surface area contributed by atoms with E-state index in [4.69, 9.17) is 4.74 Å². The van der Waals surface area contributed by atoms with Gasteiger partial charge >= 0.3 is 0 Å². The number of piperidine rings is 1. The highest BCUT2D eigenvalue weighted by molar-refractivity contribution is 5.81. The number of nitrogens with zero attached hydrogens (tertiary/aromatic N) is 1. The van der Waals surface area contributed by atoms with E-state index >= 15 is 0 Å². The lowest BCUT2D eigenvalue weighted by molar-refractivity contribution is -0.128. The van der Waals surface area contributed by atoms with Gasteiger partial charge in [-0.1, -0.05) is 40.5 Å². The minimum Gasteiger partial charge on any atom is -0.378 e. The lowest BCUT2D eigenvalue weighted by atomic mass is 9.78. The molecule has 1 saturated carbocycles. The molecule has 1 aliphatic heterocycles. The van der Waals surface area contributed by atoms with Crippen LogP contribution in [0.2, 0.25) is 0 Å². The van der Waals surface area contributed by atoms with Crippen LogP contribution < -0.4 is 5.32 Å². The van der Waals surface area contributed by atoms with E-state index in [0.29, 0.717) is 29.9 Å². The van der Waals surface area contributed by atoms with E-state index in [2.05, 4.69) is 44.8 Å². The molecule has 4 unspecified atom stereocenters. The quantitative estimate of drug-likeness (QED) is 0.806. The van der Waals surface area contributed by atoms with Crippen LogP contribution >= 0.6 is 0 Å². The van der Waals surface area contributed by atoms with E-state index in [1.807, 2.05) is 0 Å². The molecule has 4 atom stereocenters. The first-order valence-corrected chi connectivity index (χ1v) is 10.0. The Morgan fingerprint density at radius 3 is 2.42 bits per heavy atom. The van der Waals surface area contributed by atoms with Crippen LogP contribution in [0.25, 0.3) is 0 Å². The van der Waals surface area contributed by atoms with Gasteiger partial charge in [0.1, 0.15) is 0 Å². The van der Waals surface area contributed by atoms with Crippen molar-refractivity contribution in [3.8, 4) is 0 Å². The summed E-state index contributed by atoms with van der Waals surface area (Å²) in [5, 5.41) is 3.34. The van der Waals surface area contributed by atoms with Gasteiger partial charge in [0.2, 0.25) is 5.91 Å². The average molecular weight is 339 g/mol. The molecular weight excluding hydrogens is 300 g/mol. The summed E-state index contributed by atoms with van der Waals surface area (Å²) in [4.78, 5) is 15.0. The number of rotatable bonds is 6. The van der Waals surface area contributed by atoms with E-state index in [9.17, 15) is 4.79 Å². The Balaban J connectivity index is 1.75. The Morgan fingerprint density at radius 1 is 1.12 bits per heavy atom. The van der Waals surface area contributed by atoms with Crippen molar-refractivity contribution in [2.45, 2.75) is 84.9 Å². The van der Waals surface area contributed by atoms with Crippen molar-refractivity contribution in [3.63, 3.8) is 0 Å². The fraction of sp³-hybridized carbons (Fsp3) is 0.950. The number of hydrogen-bond acceptors (Lipinski definition) is 3. The summed E-state index contributed by atoms with van der Waals surface area (Å²) < 4.78 is 5.95. The zero-order valence-corrected chi connectivity index (χ0v) is 16.4. The van der Waals surface area contributed by atoms with E-state index < -0.39 is 0 Å². The van der Waals surface area contributed by atoms with Crippen molar-refractivity contribution < 1.29 is 9.53 Å². The van der Waals surface area contributed by atoms with Crippen molar-refractivity contribution in [1.82, 2.24) is 10.2 Å². The molecule has 0 aromatic heterocycles. The molecule has 0 spiro atoms.